The molecule has 0 aliphatic carbocycles. The van der Waals surface area contributed by atoms with Gasteiger partial charge in [-0.3, -0.25) is 4.98 Å². The highest BCUT2D eigenvalue weighted by Gasteiger charge is 2.16. The Morgan fingerprint density at radius 1 is 1.40 bits per heavy atom. The second-order valence-electron chi connectivity index (χ2n) is 2.89. The number of esters is 1. The molecule has 0 radical (unpaired) electrons. The second-order valence-corrected chi connectivity index (χ2v) is 2.89. The Morgan fingerprint density at radius 3 is 2.53 bits per heavy atom. The van der Waals surface area contributed by atoms with Crippen LogP contribution in [0.25, 0.3) is 0 Å². The number of rotatable bonds is 3. The molecule has 1 N–H and O–H groups in total. The minimum atomic E-state index is -1.11. The Bertz CT molecular complexity index is 400. The molecule has 0 amide bonds. The summed E-state index contributed by atoms with van der Waals surface area (Å²) in [6.07, 6.45) is 2.51. The molecule has 0 fully saturated rings. The fourth-order valence-corrected chi connectivity index (χ4v) is 1.16. The monoisotopic (exact) mass is 209 g/mol. The van der Waals surface area contributed by atoms with E-state index in [1.54, 1.807) is 13.8 Å². The van der Waals surface area contributed by atoms with Crippen molar-refractivity contribution in [2.24, 2.45) is 0 Å². The molecule has 0 aliphatic heterocycles. The van der Waals surface area contributed by atoms with E-state index in [1.807, 2.05) is 0 Å². The molecule has 5 heteroatoms. The zero-order chi connectivity index (χ0) is 11.4. The highest BCUT2D eigenvalue weighted by atomic mass is 16.5. The van der Waals surface area contributed by atoms with Gasteiger partial charge in [-0.05, 0) is 19.4 Å². The first-order chi connectivity index (χ1) is 7.07. The molecule has 0 spiro atoms. The van der Waals surface area contributed by atoms with Crippen molar-refractivity contribution in [1.29, 1.82) is 0 Å². The predicted molar refractivity (Wildman–Crippen MR) is 51.9 cm³/mol. The van der Waals surface area contributed by atoms with Gasteiger partial charge in [-0.25, -0.2) is 9.59 Å². The maximum atomic E-state index is 11.4. The largest absolute Gasteiger partial charge is 0.478 e. The van der Waals surface area contributed by atoms with E-state index in [1.165, 1.54) is 12.4 Å². The molecular weight excluding hydrogens is 198 g/mol. The summed E-state index contributed by atoms with van der Waals surface area (Å²) in [6, 6.07) is 0. The summed E-state index contributed by atoms with van der Waals surface area (Å²) in [5.41, 5.74) is 0.577. The molecule has 1 heterocycles. The maximum Gasteiger partial charge on any atom is 0.339 e. The average Bonchev–Trinajstić information content (AvgIpc) is 2.17. The molecule has 0 saturated heterocycles. The highest BCUT2D eigenvalue weighted by molar-refractivity contribution is 5.96. The lowest BCUT2D eigenvalue weighted by molar-refractivity contribution is 0.0525. The molecule has 0 bridgehead atoms. The molecule has 1 aromatic rings. The van der Waals surface area contributed by atoms with E-state index >= 15 is 0 Å². The Morgan fingerprint density at radius 2 is 2.00 bits per heavy atom. The molecule has 1 rings (SSSR count). The van der Waals surface area contributed by atoms with Crippen LogP contribution in [-0.2, 0) is 4.74 Å². The van der Waals surface area contributed by atoms with Crippen molar-refractivity contribution in [3.05, 3.63) is 29.1 Å². The first kappa shape index (κ1) is 11.2. The molecule has 80 valence electrons. The van der Waals surface area contributed by atoms with Crippen LogP contribution in [-0.4, -0.2) is 28.6 Å². The number of pyridine rings is 1. The number of ether oxygens (including phenoxy) is 1. The van der Waals surface area contributed by atoms with Gasteiger partial charge in [0.15, 0.2) is 0 Å². The van der Waals surface area contributed by atoms with E-state index in [-0.39, 0.29) is 17.7 Å². The van der Waals surface area contributed by atoms with E-state index in [4.69, 9.17) is 9.84 Å². The van der Waals surface area contributed by atoms with Gasteiger partial charge in [0.25, 0.3) is 0 Å². The number of carboxylic acid groups (broad SMARTS) is 1. The number of hydrogen-bond acceptors (Lipinski definition) is 4. The summed E-state index contributed by atoms with van der Waals surface area (Å²) in [5, 5.41) is 8.81. The molecule has 0 saturated carbocycles. The fourth-order valence-electron chi connectivity index (χ4n) is 1.16. The van der Waals surface area contributed by atoms with E-state index in [0.717, 1.165) is 0 Å². The third-order valence-electron chi connectivity index (χ3n) is 1.94. The van der Waals surface area contributed by atoms with Crippen LogP contribution < -0.4 is 0 Å². The summed E-state index contributed by atoms with van der Waals surface area (Å²) in [7, 11) is 0. The van der Waals surface area contributed by atoms with Crippen LogP contribution in [0.4, 0.5) is 0 Å². The zero-order valence-electron chi connectivity index (χ0n) is 8.48. The van der Waals surface area contributed by atoms with Crippen molar-refractivity contribution in [2.75, 3.05) is 6.61 Å². The Balaban J connectivity index is 3.15. The summed E-state index contributed by atoms with van der Waals surface area (Å²) >= 11 is 0. The first-order valence-corrected chi connectivity index (χ1v) is 4.43. The minimum absolute atomic E-state index is 0.0144. The SMILES string of the molecule is CCOC(=O)c1cncc(C(=O)O)c1C. The molecule has 0 unspecified atom stereocenters. The number of aromatic carboxylic acids is 1. The van der Waals surface area contributed by atoms with Crippen molar-refractivity contribution in [3.8, 4) is 0 Å². The number of hydrogen-bond donors (Lipinski definition) is 1. The number of carbonyl (C=O) groups excluding carboxylic acids is 1. The van der Waals surface area contributed by atoms with Crippen molar-refractivity contribution in [1.82, 2.24) is 4.98 Å². The Kier molecular flexibility index (Phi) is 3.38. The lowest BCUT2D eigenvalue weighted by Crippen LogP contribution is -2.11. The van der Waals surface area contributed by atoms with E-state index < -0.39 is 11.9 Å². The number of nitrogens with zero attached hydrogens (tertiary/aromatic N) is 1. The molecule has 15 heavy (non-hydrogen) atoms. The Labute approximate surface area is 86.7 Å². The second kappa shape index (κ2) is 4.54. The Hall–Kier alpha value is -1.91. The average molecular weight is 209 g/mol. The number of aromatic nitrogens is 1. The quantitative estimate of drug-likeness (QED) is 0.758. The van der Waals surface area contributed by atoms with Crippen LogP contribution in [0.1, 0.15) is 33.2 Å². The molecule has 0 atom stereocenters. The van der Waals surface area contributed by atoms with E-state index in [0.29, 0.717) is 5.56 Å². The highest BCUT2D eigenvalue weighted by Crippen LogP contribution is 2.13. The lowest BCUT2D eigenvalue weighted by atomic mass is 10.1. The number of carboxylic acids is 1. The molecule has 5 nitrogen and oxygen atoms in total. The third kappa shape index (κ3) is 2.31. The zero-order valence-corrected chi connectivity index (χ0v) is 8.48. The normalized spacial score (nSPS) is 9.73. The maximum absolute atomic E-state index is 11.4. The molecule has 0 aromatic carbocycles. The summed E-state index contributed by atoms with van der Waals surface area (Å²) in [4.78, 5) is 25.8. The van der Waals surface area contributed by atoms with Crippen LogP contribution in [0.5, 0.6) is 0 Å². The van der Waals surface area contributed by atoms with Gasteiger partial charge in [0.2, 0.25) is 0 Å². The summed E-state index contributed by atoms with van der Waals surface area (Å²) in [5.74, 6) is -1.66. The van der Waals surface area contributed by atoms with Crippen LogP contribution >= 0.6 is 0 Å². The van der Waals surface area contributed by atoms with Gasteiger partial charge in [-0.15, -0.1) is 0 Å². The van der Waals surface area contributed by atoms with Crippen molar-refractivity contribution in [3.63, 3.8) is 0 Å². The van der Waals surface area contributed by atoms with Crippen LogP contribution in [0.3, 0.4) is 0 Å². The number of carbonyl (C=O) groups is 2. The van der Waals surface area contributed by atoms with Crippen LogP contribution in [0.15, 0.2) is 12.4 Å². The molecular formula is C10H11NO4. The standard InChI is InChI=1S/C10H11NO4/c1-3-15-10(14)8-5-11-4-7(6(8)2)9(12)13/h4-5H,3H2,1-2H3,(H,12,13). The van der Waals surface area contributed by atoms with Gasteiger partial charge in [0.1, 0.15) is 0 Å². The summed E-state index contributed by atoms with van der Waals surface area (Å²) in [6.45, 7) is 3.48. The van der Waals surface area contributed by atoms with Gasteiger partial charge in [0.05, 0.1) is 17.7 Å². The molecule has 0 aliphatic rings. The van der Waals surface area contributed by atoms with Gasteiger partial charge in [-0.2, -0.15) is 0 Å². The van der Waals surface area contributed by atoms with E-state index in [2.05, 4.69) is 4.98 Å². The van der Waals surface area contributed by atoms with Crippen LogP contribution in [0, 0.1) is 6.92 Å². The topological polar surface area (TPSA) is 76.5 Å². The van der Waals surface area contributed by atoms with E-state index in [9.17, 15) is 9.59 Å². The minimum Gasteiger partial charge on any atom is -0.478 e. The lowest BCUT2D eigenvalue weighted by Gasteiger charge is -2.06. The fraction of sp³-hybridized carbons (Fsp3) is 0.300. The first-order valence-electron chi connectivity index (χ1n) is 4.43. The summed E-state index contributed by atoms with van der Waals surface area (Å²) < 4.78 is 4.77. The van der Waals surface area contributed by atoms with Crippen molar-refractivity contribution >= 4 is 11.9 Å². The van der Waals surface area contributed by atoms with Gasteiger partial charge < -0.3 is 9.84 Å². The van der Waals surface area contributed by atoms with Gasteiger partial charge in [-0.1, -0.05) is 0 Å². The van der Waals surface area contributed by atoms with Crippen molar-refractivity contribution in [2.45, 2.75) is 13.8 Å². The van der Waals surface area contributed by atoms with Crippen molar-refractivity contribution < 1.29 is 19.4 Å². The smallest absolute Gasteiger partial charge is 0.339 e. The third-order valence-corrected chi connectivity index (χ3v) is 1.94. The van der Waals surface area contributed by atoms with Gasteiger partial charge >= 0.3 is 11.9 Å². The van der Waals surface area contributed by atoms with Gasteiger partial charge in [0, 0.05) is 12.4 Å². The molecule has 1 aromatic heterocycles. The van der Waals surface area contributed by atoms with Crippen LogP contribution in [0.2, 0.25) is 0 Å². The predicted octanol–water partition coefficient (Wildman–Crippen LogP) is 1.26.